The fourth-order valence-electron chi connectivity index (χ4n) is 1.92. The van der Waals surface area contributed by atoms with Crippen LogP contribution in [0.3, 0.4) is 0 Å². The Kier molecular flexibility index (Phi) is 6.16. The molecule has 4 heteroatoms. The van der Waals surface area contributed by atoms with Crippen LogP contribution in [0.1, 0.15) is 17.5 Å². The standard InChI is InChI=1S/C16H12Br2Cl2/c17-10-9-15(18)16(11-1-5-13(19)6-2-11)12-3-7-14(20)8-4-12/h1-8H,9-10H2. The first kappa shape index (κ1) is 16.1. The molecule has 0 bridgehead atoms. The first-order valence-electron chi connectivity index (χ1n) is 6.08. The molecular weight excluding hydrogens is 423 g/mol. The van der Waals surface area contributed by atoms with Crippen LogP contribution in [0.25, 0.3) is 5.57 Å². The third-order valence-corrected chi connectivity index (χ3v) is 4.54. The lowest BCUT2D eigenvalue weighted by Gasteiger charge is -2.12. The van der Waals surface area contributed by atoms with Crippen LogP contribution in [0.5, 0.6) is 0 Å². The van der Waals surface area contributed by atoms with E-state index < -0.39 is 0 Å². The highest BCUT2D eigenvalue weighted by Gasteiger charge is 2.10. The van der Waals surface area contributed by atoms with E-state index in [0.29, 0.717) is 0 Å². The highest BCUT2D eigenvalue weighted by Crippen LogP contribution is 2.33. The van der Waals surface area contributed by atoms with Gasteiger partial charge in [0.25, 0.3) is 0 Å². The fraction of sp³-hybridized carbons (Fsp3) is 0.125. The van der Waals surface area contributed by atoms with Crippen LogP contribution in [0.2, 0.25) is 10.0 Å². The van der Waals surface area contributed by atoms with Crippen molar-refractivity contribution >= 4 is 60.6 Å². The molecule has 2 aromatic carbocycles. The van der Waals surface area contributed by atoms with E-state index >= 15 is 0 Å². The van der Waals surface area contributed by atoms with Gasteiger partial charge in [-0.1, -0.05) is 79.3 Å². The number of benzene rings is 2. The monoisotopic (exact) mass is 432 g/mol. The Labute approximate surface area is 146 Å². The van der Waals surface area contributed by atoms with E-state index in [4.69, 9.17) is 23.2 Å². The van der Waals surface area contributed by atoms with Gasteiger partial charge in [0, 0.05) is 19.9 Å². The summed E-state index contributed by atoms with van der Waals surface area (Å²) in [6.07, 6.45) is 0.917. The molecule has 0 saturated carbocycles. The highest BCUT2D eigenvalue weighted by molar-refractivity contribution is 9.12. The Hall–Kier alpha value is -0.280. The van der Waals surface area contributed by atoms with Crippen molar-refractivity contribution in [3.05, 3.63) is 74.2 Å². The Morgan fingerprint density at radius 2 is 1.20 bits per heavy atom. The summed E-state index contributed by atoms with van der Waals surface area (Å²) in [7, 11) is 0. The molecular formula is C16H12Br2Cl2. The first-order chi connectivity index (χ1) is 9.61. The van der Waals surface area contributed by atoms with Crippen molar-refractivity contribution in [3.63, 3.8) is 0 Å². The van der Waals surface area contributed by atoms with E-state index in [-0.39, 0.29) is 0 Å². The minimum Gasteiger partial charge on any atom is -0.0924 e. The molecule has 104 valence electrons. The molecule has 0 aliphatic carbocycles. The van der Waals surface area contributed by atoms with Gasteiger partial charge in [0.1, 0.15) is 0 Å². The minimum absolute atomic E-state index is 0.737. The van der Waals surface area contributed by atoms with E-state index in [1.807, 2.05) is 48.5 Å². The lowest BCUT2D eigenvalue weighted by molar-refractivity contribution is 1.24. The Morgan fingerprint density at radius 1 is 0.800 bits per heavy atom. The fourth-order valence-corrected chi connectivity index (χ4v) is 3.76. The second kappa shape index (κ2) is 7.65. The van der Waals surface area contributed by atoms with E-state index in [2.05, 4.69) is 31.9 Å². The molecule has 0 unspecified atom stereocenters. The van der Waals surface area contributed by atoms with Crippen molar-refractivity contribution in [2.75, 3.05) is 5.33 Å². The second-order valence-corrected chi connectivity index (χ2v) is 6.86. The number of hydrogen-bond donors (Lipinski definition) is 0. The molecule has 0 saturated heterocycles. The Bertz CT molecular complexity index is 554. The molecule has 0 nitrogen and oxygen atoms in total. The normalized spacial score (nSPS) is 10.4. The topological polar surface area (TPSA) is 0 Å². The van der Waals surface area contributed by atoms with Crippen molar-refractivity contribution in [1.29, 1.82) is 0 Å². The molecule has 0 N–H and O–H groups in total. The van der Waals surface area contributed by atoms with Crippen LogP contribution in [-0.2, 0) is 0 Å². The zero-order chi connectivity index (χ0) is 14.5. The molecule has 2 aromatic rings. The molecule has 0 aromatic heterocycles. The molecule has 0 spiro atoms. The molecule has 20 heavy (non-hydrogen) atoms. The average Bonchev–Trinajstić information content (AvgIpc) is 2.44. The largest absolute Gasteiger partial charge is 0.0924 e. The predicted octanol–water partition coefficient (Wildman–Crippen LogP) is 6.93. The lowest BCUT2D eigenvalue weighted by Crippen LogP contribution is -1.92. The zero-order valence-electron chi connectivity index (χ0n) is 10.5. The quantitative estimate of drug-likeness (QED) is 0.457. The second-order valence-electron chi connectivity index (χ2n) is 4.23. The molecule has 0 radical (unpaired) electrons. The van der Waals surface area contributed by atoms with Crippen LogP contribution in [0.15, 0.2) is 53.0 Å². The maximum absolute atomic E-state index is 5.97. The number of allylic oxidation sites excluding steroid dienone is 1. The van der Waals surface area contributed by atoms with Gasteiger partial charge in [0.2, 0.25) is 0 Å². The first-order valence-corrected chi connectivity index (χ1v) is 8.75. The van der Waals surface area contributed by atoms with Gasteiger partial charge in [-0.2, -0.15) is 0 Å². The third-order valence-electron chi connectivity index (χ3n) is 2.85. The molecule has 0 aliphatic heterocycles. The maximum atomic E-state index is 5.97. The Balaban J connectivity index is 2.53. The van der Waals surface area contributed by atoms with E-state index in [1.165, 1.54) is 0 Å². The maximum Gasteiger partial charge on any atom is 0.0406 e. The van der Waals surface area contributed by atoms with Crippen molar-refractivity contribution < 1.29 is 0 Å². The summed E-state index contributed by atoms with van der Waals surface area (Å²) in [5.74, 6) is 0. The minimum atomic E-state index is 0.737. The summed E-state index contributed by atoms with van der Waals surface area (Å²) in [5, 5.41) is 2.37. The number of alkyl halides is 1. The summed E-state index contributed by atoms with van der Waals surface area (Å²) < 4.78 is 1.15. The van der Waals surface area contributed by atoms with Gasteiger partial charge >= 0.3 is 0 Å². The van der Waals surface area contributed by atoms with Crippen LogP contribution in [0.4, 0.5) is 0 Å². The number of rotatable bonds is 4. The van der Waals surface area contributed by atoms with Crippen LogP contribution in [-0.4, -0.2) is 5.33 Å². The van der Waals surface area contributed by atoms with E-state index in [0.717, 1.165) is 43.0 Å². The highest BCUT2D eigenvalue weighted by atomic mass is 79.9. The third kappa shape index (κ3) is 4.11. The molecule has 0 heterocycles. The number of hydrogen-bond acceptors (Lipinski definition) is 0. The van der Waals surface area contributed by atoms with Crippen LogP contribution in [0, 0.1) is 0 Å². The van der Waals surface area contributed by atoms with E-state index in [9.17, 15) is 0 Å². The molecule has 0 aliphatic rings. The molecule has 0 atom stereocenters. The van der Waals surface area contributed by atoms with Crippen molar-refractivity contribution in [2.24, 2.45) is 0 Å². The number of halogens is 4. The summed E-state index contributed by atoms with van der Waals surface area (Å²) in [5.41, 5.74) is 3.42. The Morgan fingerprint density at radius 3 is 1.55 bits per heavy atom. The predicted molar refractivity (Wildman–Crippen MR) is 96.3 cm³/mol. The summed E-state index contributed by atoms with van der Waals surface area (Å²) >= 11 is 19.1. The lowest BCUT2D eigenvalue weighted by atomic mass is 9.97. The summed E-state index contributed by atoms with van der Waals surface area (Å²) in [4.78, 5) is 0. The van der Waals surface area contributed by atoms with Gasteiger partial charge in [-0.15, -0.1) is 0 Å². The van der Waals surface area contributed by atoms with Gasteiger partial charge in [0.05, 0.1) is 0 Å². The molecule has 0 fully saturated rings. The SMILES string of the molecule is Clc1ccc(C(=C(Br)CCBr)c2ccc(Cl)cc2)cc1. The summed E-state index contributed by atoms with van der Waals surface area (Å²) in [6.45, 7) is 0. The van der Waals surface area contributed by atoms with Gasteiger partial charge in [-0.25, -0.2) is 0 Å². The van der Waals surface area contributed by atoms with Crippen molar-refractivity contribution in [1.82, 2.24) is 0 Å². The zero-order valence-corrected chi connectivity index (χ0v) is 15.2. The van der Waals surface area contributed by atoms with Crippen LogP contribution >= 0.6 is 55.1 Å². The van der Waals surface area contributed by atoms with E-state index in [1.54, 1.807) is 0 Å². The smallest absolute Gasteiger partial charge is 0.0406 e. The van der Waals surface area contributed by atoms with Crippen LogP contribution < -0.4 is 0 Å². The van der Waals surface area contributed by atoms with Gasteiger partial charge < -0.3 is 0 Å². The van der Waals surface area contributed by atoms with Gasteiger partial charge in [0.15, 0.2) is 0 Å². The molecule has 2 rings (SSSR count). The molecule has 0 amide bonds. The average molecular weight is 435 g/mol. The van der Waals surface area contributed by atoms with Gasteiger partial charge in [-0.05, 0) is 47.4 Å². The van der Waals surface area contributed by atoms with Crippen molar-refractivity contribution in [3.8, 4) is 0 Å². The van der Waals surface area contributed by atoms with Gasteiger partial charge in [-0.3, -0.25) is 0 Å². The summed E-state index contributed by atoms with van der Waals surface area (Å²) in [6, 6.07) is 15.7. The van der Waals surface area contributed by atoms with Crippen molar-refractivity contribution in [2.45, 2.75) is 6.42 Å².